The third-order valence-electron chi connectivity index (χ3n) is 2.40. The maximum atomic E-state index is 10.7. The number of hydrogen-bond acceptors (Lipinski definition) is 6. The number of anilines is 1. The lowest BCUT2D eigenvalue weighted by Gasteiger charge is -2.17. The Morgan fingerprint density at radius 2 is 2.17 bits per heavy atom. The second-order valence-electron chi connectivity index (χ2n) is 4.14. The highest BCUT2D eigenvalue weighted by molar-refractivity contribution is 8.13. The van der Waals surface area contributed by atoms with Crippen LogP contribution in [-0.4, -0.2) is 32.2 Å². The number of hydrogen-bond donors (Lipinski definition) is 3. The molecule has 0 bridgehead atoms. The van der Waals surface area contributed by atoms with E-state index in [1.807, 2.05) is 6.92 Å². The van der Waals surface area contributed by atoms with Gasteiger partial charge in [-0.1, -0.05) is 11.8 Å². The van der Waals surface area contributed by atoms with Gasteiger partial charge in [0.1, 0.15) is 11.9 Å². The Kier molecular flexibility index (Phi) is 5.58. The van der Waals surface area contributed by atoms with E-state index >= 15 is 0 Å². The molecule has 0 radical (unpaired) electrons. The minimum Gasteiger partial charge on any atom is -0.390 e. The van der Waals surface area contributed by atoms with E-state index in [1.165, 1.54) is 6.92 Å². The highest BCUT2D eigenvalue weighted by Gasteiger charge is 2.20. The summed E-state index contributed by atoms with van der Waals surface area (Å²) in [5.74, 6) is 0.781. The number of aliphatic hydroxyl groups is 2. The molecule has 1 heterocycles. The number of nitrogens with zero attached hydrogens (tertiary/aromatic N) is 1. The van der Waals surface area contributed by atoms with Crippen LogP contribution >= 0.6 is 11.8 Å². The molecule has 0 saturated carbocycles. The summed E-state index contributed by atoms with van der Waals surface area (Å²) in [5.41, 5.74) is 6.82. The Morgan fingerprint density at radius 1 is 1.50 bits per heavy atom. The molecule has 0 aliphatic carbocycles. The van der Waals surface area contributed by atoms with Gasteiger partial charge in [0.2, 0.25) is 0 Å². The molecule has 0 amide bonds. The number of rotatable bonds is 5. The van der Waals surface area contributed by atoms with Crippen molar-refractivity contribution in [1.82, 2.24) is 4.98 Å². The van der Waals surface area contributed by atoms with Crippen LogP contribution in [0.15, 0.2) is 12.1 Å². The van der Waals surface area contributed by atoms with Gasteiger partial charge >= 0.3 is 0 Å². The van der Waals surface area contributed by atoms with Crippen LogP contribution < -0.4 is 5.73 Å². The van der Waals surface area contributed by atoms with Crippen molar-refractivity contribution in [1.29, 1.82) is 0 Å². The Labute approximate surface area is 110 Å². The number of aromatic nitrogens is 1. The fourth-order valence-electron chi connectivity index (χ4n) is 1.55. The predicted octanol–water partition coefficient (Wildman–Crippen LogP) is 1.04. The molecular weight excluding hydrogens is 252 g/mol. The number of nitrogens with two attached hydrogens (primary N) is 1. The Bertz CT molecular complexity index is 406. The summed E-state index contributed by atoms with van der Waals surface area (Å²) in [5, 5.41) is 19.7. The molecule has 4 N–H and O–H groups in total. The smallest absolute Gasteiger partial charge is 0.185 e. The van der Waals surface area contributed by atoms with Crippen molar-refractivity contribution in [3.63, 3.8) is 0 Å². The first-order chi connectivity index (χ1) is 8.40. The SMILES string of the molecule is CC(=O)SCCC(O)C(O)c1cc(C)cc(N)n1. The third kappa shape index (κ3) is 4.64. The first kappa shape index (κ1) is 14.9. The molecule has 100 valence electrons. The monoisotopic (exact) mass is 270 g/mol. The summed E-state index contributed by atoms with van der Waals surface area (Å²) in [7, 11) is 0. The van der Waals surface area contributed by atoms with Gasteiger partial charge < -0.3 is 15.9 Å². The number of carbonyl (C=O) groups excluding carboxylic acids is 1. The molecule has 0 aromatic carbocycles. The third-order valence-corrected chi connectivity index (χ3v) is 3.24. The zero-order valence-electron chi connectivity index (χ0n) is 10.5. The van der Waals surface area contributed by atoms with E-state index in [-0.39, 0.29) is 5.12 Å². The van der Waals surface area contributed by atoms with Gasteiger partial charge in [0.25, 0.3) is 0 Å². The Balaban J connectivity index is 2.62. The molecular formula is C12H18N2O3S. The molecule has 0 fully saturated rings. The molecule has 1 aromatic heterocycles. The summed E-state index contributed by atoms with van der Waals surface area (Å²) in [6.07, 6.45) is -1.72. The highest BCUT2D eigenvalue weighted by Crippen LogP contribution is 2.21. The molecule has 1 aromatic rings. The van der Waals surface area contributed by atoms with E-state index in [2.05, 4.69) is 4.98 Å². The van der Waals surface area contributed by atoms with Gasteiger partial charge in [-0.25, -0.2) is 4.98 Å². The largest absolute Gasteiger partial charge is 0.390 e. The topological polar surface area (TPSA) is 96.4 Å². The number of aliphatic hydroxyl groups excluding tert-OH is 2. The average Bonchev–Trinajstić information content (AvgIpc) is 2.26. The van der Waals surface area contributed by atoms with E-state index in [0.29, 0.717) is 23.7 Å². The fourth-order valence-corrected chi connectivity index (χ4v) is 2.20. The number of nitrogen functional groups attached to an aromatic ring is 1. The van der Waals surface area contributed by atoms with Crippen LogP contribution in [0.2, 0.25) is 0 Å². The van der Waals surface area contributed by atoms with Crippen LogP contribution in [-0.2, 0) is 4.79 Å². The van der Waals surface area contributed by atoms with E-state index in [1.54, 1.807) is 12.1 Å². The lowest BCUT2D eigenvalue weighted by Crippen LogP contribution is -2.20. The average molecular weight is 270 g/mol. The molecule has 0 aliphatic rings. The molecule has 0 saturated heterocycles. The van der Waals surface area contributed by atoms with Crippen molar-refractivity contribution in [2.45, 2.75) is 32.5 Å². The molecule has 2 atom stereocenters. The molecule has 6 heteroatoms. The lowest BCUT2D eigenvalue weighted by atomic mass is 10.1. The standard InChI is InChI=1S/C12H18N2O3S/c1-7-5-9(14-11(13)6-7)12(17)10(16)3-4-18-8(2)15/h5-6,10,12,16-17H,3-4H2,1-2H3,(H2,13,14). The van der Waals surface area contributed by atoms with Crippen LogP contribution in [0.25, 0.3) is 0 Å². The van der Waals surface area contributed by atoms with Gasteiger partial charge in [0.05, 0.1) is 11.8 Å². The molecule has 0 spiro atoms. The predicted molar refractivity (Wildman–Crippen MR) is 72.1 cm³/mol. The van der Waals surface area contributed by atoms with Crippen molar-refractivity contribution in [3.8, 4) is 0 Å². The van der Waals surface area contributed by atoms with Crippen LogP contribution in [0.1, 0.15) is 30.7 Å². The van der Waals surface area contributed by atoms with Gasteiger partial charge in [-0.05, 0) is 31.0 Å². The molecule has 2 unspecified atom stereocenters. The summed E-state index contributed by atoms with van der Waals surface area (Å²) in [6.45, 7) is 3.31. The molecule has 5 nitrogen and oxygen atoms in total. The van der Waals surface area contributed by atoms with Gasteiger partial charge in [-0.2, -0.15) is 0 Å². The van der Waals surface area contributed by atoms with Crippen LogP contribution in [0.3, 0.4) is 0 Å². The Morgan fingerprint density at radius 3 is 2.72 bits per heavy atom. The summed E-state index contributed by atoms with van der Waals surface area (Å²) < 4.78 is 0. The van der Waals surface area contributed by atoms with E-state index < -0.39 is 12.2 Å². The minimum absolute atomic E-state index is 0.00499. The van der Waals surface area contributed by atoms with E-state index in [4.69, 9.17) is 5.73 Å². The van der Waals surface area contributed by atoms with Crippen LogP contribution in [0.4, 0.5) is 5.82 Å². The summed E-state index contributed by atoms with van der Waals surface area (Å²) in [6, 6.07) is 3.37. The fraction of sp³-hybridized carbons (Fsp3) is 0.500. The first-order valence-electron chi connectivity index (χ1n) is 5.63. The van der Waals surface area contributed by atoms with Gasteiger partial charge in [0, 0.05) is 12.7 Å². The van der Waals surface area contributed by atoms with Crippen molar-refractivity contribution in [2.75, 3.05) is 11.5 Å². The van der Waals surface area contributed by atoms with Crippen molar-refractivity contribution < 1.29 is 15.0 Å². The summed E-state index contributed by atoms with van der Waals surface area (Å²) in [4.78, 5) is 14.7. The number of aryl methyl sites for hydroxylation is 1. The zero-order chi connectivity index (χ0) is 13.7. The minimum atomic E-state index is -1.08. The second-order valence-corrected chi connectivity index (χ2v) is 5.41. The van der Waals surface area contributed by atoms with Gasteiger partial charge in [0.15, 0.2) is 5.12 Å². The number of carbonyl (C=O) groups is 1. The Hall–Kier alpha value is -1.11. The molecule has 1 rings (SSSR count). The van der Waals surface area contributed by atoms with Crippen molar-refractivity contribution in [2.24, 2.45) is 0 Å². The zero-order valence-corrected chi connectivity index (χ0v) is 11.3. The van der Waals surface area contributed by atoms with Crippen molar-refractivity contribution in [3.05, 3.63) is 23.4 Å². The second kappa shape index (κ2) is 6.72. The van der Waals surface area contributed by atoms with Crippen LogP contribution in [0, 0.1) is 6.92 Å². The molecule has 18 heavy (non-hydrogen) atoms. The number of pyridine rings is 1. The maximum absolute atomic E-state index is 10.7. The van der Waals surface area contributed by atoms with Gasteiger partial charge in [-0.15, -0.1) is 0 Å². The van der Waals surface area contributed by atoms with E-state index in [9.17, 15) is 15.0 Å². The first-order valence-corrected chi connectivity index (χ1v) is 6.62. The lowest BCUT2D eigenvalue weighted by molar-refractivity contribution is -0.109. The summed E-state index contributed by atoms with van der Waals surface area (Å²) >= 11 is 1.12. The van der Waals surface area contributed by atoms with Crippen molar-refractivity contribution >= 4 is 22.7 Å². The normalized spacial score (nSPS) is 14.2. The van der Waals surface area contributed by atoms with Gasteiger partial charge in [-0.3, -0.25) is 4.79 Å². The highest BCUT2D eigenvalue weighted by atomic mass is 32.2. The van der Waals surface area contributed by atoms with Crippen LogP contribution in [0.5, 0.6) is 0 Å². The quantitative estimate of drug-likeness (QED) is 0.739. The molecule has 0 aliphatic heterocycles. The maximum Gasteiger partial charge on any atom is 0.185 e. The van der Waals surface area contributed by atoms with E-state index in [0.717, 1.165) is 17.3 Å². The number of thioether (sulfide) groups is 1.